The van der Waals surface area contributed by atoms with Crippen molar-refractivity contribution < 1.29 is 41.3 Å². The zero-order chi connectivity index (χ0) is 34.4. The first-order valence-electron chi connectivity index (χ1n) is 16.6. The Morgan fingerprint density at radius 2 is 1.61 bits per heavy atom. The van der Waals surface area contributed by atoms with E-state index in [0.717, 1.165) is 17.5 Å². The van der Waals surface area contributed by atoms with Crippen molar-refractivity contribution in [2.45, 2.75) is 49.7 Å². The van der Waals surface area contributed by atoms with Crippen molar-refractivity contribution in [2.75, 3.05) is 66.3 Å². The highest BCUT2D eigenvalue weighted by atomic mass is 35.5. The second kappa shape index (κ2) is 18.4. The van der Waals surface area contributed by atoms with Crippen molar-refractivity contribution in [1.29, 1.82) is 0 Å². The number of piperazine rings is 2. The molecule has 3 aliphatic heterocycles. The van der Waals surface area contributed by atoms with E-state index in [1.807, 2.05) is 41.3 Å². The molecule has 0 saturated carbocycles. The highest BCUT2D eigenvalue weighted by Gasteiger charge is 2.44. The van der Waals surface area contributed by atoms with Crippen molar-refractivity contribution >= 4 is 30.7 Å². The average molecular weight is 761 g/mol. The summed E-state index contributed by atoms with van der Waals surface area (Å²) in [4.78, 5) is 28.3. The number of rotatable bonds is 12. The van der Waals surface area contributed by atoms with Crippen LogP contribution in [-0.4, -0.2) is 121 Å². The Bertz CT molecular complexity index is 1500. The lowest BCUT2D eigenvalue weighted by atomic mass is 9.81. The summed E-state index contributed by atoms with van der Waals surface area (Å²) in [7, 11) is 1.34. The first kappa shape index (κ1) is 40.3. The number of aromatic nitrogens is 2. The van der Waals surface area contributed by atoms with Crippen LogP contribution in [0.1, 0.15) is 35.4 Å². The van der Waals surface area contributed by atoms with Crippen LogP contribution < -0.4 is 14.2 Å². The van der Waals surface area contributed by atoms with E-state index in [4.69, 9.17) is 18.9 Å². The minimum Gasteiger partial charge on any atom is -0.481 e. The number of halogens is 6. The molecule has 2 aromatic carbocycles. The normalized spacial score (nSPS) is 21.0. The van der Waals surface area contributed by atoms with E-state index in [9.17, 15) is 22.4 Å². The topological polar surface area (TPSA) is 89.5 Å². The molecule has 3 fully saturated rings. The van der Waals surface area contributed by atoms with Gasteiger partial charge in [-0.1, -0.05) is 60.7 Å². The van der Waals surface area contributed by atoms with Gasteiger partial charge >= 0.3 is 12.2 Å². The van der Waals surface area contributed by atoms with Gasteiger partial charge in [0.2, 0.25) is 11.8 Å². The van der Waals surface area contributed by atoms with Gasteiger partial charge in [0.1, 0.15) is 19.4 Å². The molecule has 1 unspecified atom stereocenters. The maximum atomic E-state index is 13.5. The second-order valence-electron chi connectivity index (χ2n) is 12.5. The number of fused-ring (bicyclic) bond motifs is 1. The minimum absolute atomic E-state index is 0. The van der Waals surface area contributed by atoms with Crippen LogP contribution in [0, 0.1) is 0 Å². The van der Waals surface area contributed by atoms with E-state index in [0.29, 0.717) is 45.8 Å². The van der Waals surface area contributed by atoms with Gasteiger partial charge in [-0.05, 0) is 24.0 Å². The molecule has 280 valence electrons. The minimum atomic E-state index is -4.63. The molecule has 0 bridgehead atoms. The fourth-order valence-corrected chi connectivity index (χ4v) is 7.19. The summed E-state index contributed by atoms with van der Waals surface area (Å²) in [5.74, 6) is -0.432. The molecule has 51 heavy (non-hydrogen) atoms. The molecule has 0 radical (unpaired) electrons. The number of benzene rings is 2. The third-order valence-electron chi connectivity index (χ3n) is 9.25. The predicted octanol–water partition coefficient (Wildman–Crippen LogP) is 5.33. The van der Waals surface area contributed by atoms with Crippen molar-refractivity contribution in [1.82, 2.24) is 24.7 Å². The van der Waals surface area contributed by atoms with E-state index >= 15 is 0 Å². The van der Waals surface area contributed by atoms with E-state index in [1.54, 1.807) is 0 Å². The van der Waals surface area contributed by atoms with Crippen LogP contribution >= 0.6 is 24.8 Å². The monoisotopic (exact) mass is 759 g/mol. The van der Waals surface area contributed by atoms with Crippen LogP contribution in [0.15, 0.2) is 60.7 Å². The number of methoxy groups -OCH3 is 1. The maximum Gasteiger partial charge on any atom is 0.422 e. The number of hydrogen-bond acceptors (Lipinski definition) is 9. The van der Waals surface area contributed by atoms with Gasteiger partial charge in [-0.3, -0.25) is 14.6 Å². The van der Waals surface area contributed by atoms with Crippen molar-refractivity contribution in [3.8, 4) is 17.8 Å². The van der Waals surface area contributed by atoms with E-state index in [1.165, 1.54) is 7.11 Å². The summed E-state index contributed by atoms with van der Waals surface area (Å²) in [6.45, 7) is 0.599. The Labute approximate surface area is 307 Å². The highest BCUT2D eigenvalue weighted by molar-refractivity contribution is 5.85. The molecule has 0 aliphatic carbocycles. The van der Waals surface area contributed by atoms with Crippen LogP contribution in [-0.2, 0) is 16.1 Å². The summed E-state index contributed by atoms with van der Waals surface area (Å²) >= 11 is 0. The lowest BCUT2D eigenvalue weighted by molar-refractivity contribution is -0.154. The quantitative estimate of drug-likeness (QED) is 0.228. The van der Waals surface area contributed by atoms with Gasteiger partial charge in [0.05, 0.1) is 12.7 Å². The van der Waals surface area contributed by atoms with Gasteiger partial charge in [-0.15, -0.1) is 24.8 Å². The molecule has 1 aromatic heterocycles. The molecular weight excluding hydrogens is 717 g/mol. The first-order chi connectivity index (χ1) is 23.7. The van der Waals surface area contributed by atoms with Crippen molar-refractivity contribution in [3.63, 3.8) is 0 Å². The molecule has 6 rings (SSSR count). The maximum absolute atomic E-state index is 13.5. The summed E-state index contributed by atoms with van der Waals surface area (Å²) in [5.41, 5.74) is 2.47. The molecular formula is C35H43Cl2F4N5O5. The van der Waals surface area contributed by atoms with E-state index in [2.05, 4.69) is 44.0 Å². The number of hydrogen-bond donors (Lipinski definition) is 0. The Balaban J connectivity index is 0.00000292. The van der Waals surface area contributed by atoms with Gasteiger partial charge in [0.25, 0.3) is 5.91 Å². The molecule has 3 aromatic rings. The number of nitrogens with zero attached hydrogens (tertiary/aromatic N) is 5. The van der Waals surface area contributed by atoms with E-state index in [-0.39, 0.29) is 85.2 Å². The van der Waals surface area contributed by atoms with E-state index < -0.39 is 25.6 Å². The zero-order valence-electron chi connectivity index (χ0n) is 28.2. The van der Waals surface area contributed by atoms with Crippen LogP contribution in [0.5, 0.6) is 17.8 Å². The predicted molar refractivity (Wildman–Crippen MR) is 186 cm³/mol. The number of carbonyl (C=O) groups excluding carboxylic acids is 1. The third-order valence-corrected chi connectivity index (χ3v) is 9.25. The summed E-state index contributed by atoms with van der Waals surface area (Å²) in [5, 5.41) is 0. The molecule has 4 heterocycles. The van der Waals surface area contributed by atoms with Crippen LogP contribution in [0.2, 0.25) is 0 Å². The highest BCUT2D eigenvalue weighted by Crippen LogP contribution is 2.38. The summed E-state index contributed by atoms with van der Waals surface area (Å²) in [6, 6.07) is 20.0. The fraction of sp³-hybridized carbons (Fsp3) is 0.514. The smallest absolute Gasteiger partial charge is 0.422 e. The molecule has 1 amide bonds. The SMILES string of the molecule is COc1nc(OCCF)nc(OCC(F)(F)F)c1CN1CC(C(c2ccccc2)c2ccccc2)N2CCN(C(=O)[C@H]3CCCO3)C[C@H]2C1.Cl.Cl. The first-order valence-corrected chi connectivity index (χ1v) is 16.6. The molecule has 16 heteroatoms. The number of carbonyl (C=O) groups is 1. The van der Waals surface area contributed by atoms with Crippen LogP contribution in [0.25, 0.3) is 0 Å². The lowest BCUT2D eigenvalue weighted by Crippen LogP contribution is -2.67. The number of amides is 1. The molecule has 3 aliphatic rings. The van der Waals surface area contributed by atoms with Gasteiger partial charge < -0.3 is 23.8 Å². The molecule has 0 N–H and O–H groups in total. The van der Waals surface area contributed by atoms with Gasteiger partial charge in [-0.2, -0.15) is 23.1 Å². The van der Waals surface area contributed by atoms with Gasteiger partial charge in [0, 0.05) is 63.9 Å². The molecule has 0 spiro atoms. The summed E-state index contributed by atoms with van der Waals surface area (Å²) < 4.78 is 74.5. The fourth-order valence-electron chi connectivity index (χ4n) is 7.19. The van der Waals surface area contributed by atoms with Crippen molar-refractivity contribution in [2.24, 2.45) is 0 Å². The standard InChI is InChI=1S/C35H41F4N5O5.2ClH/c1-46-31-27(32(49-23-35(37,38)39)41-34(40-31)48-18-14-36)21-42-19-26-20-43(33(45)29-13-8-17-47-29)15-16-44(26)28(22-42)30(24-9-4-2-5-10-24)25-11-6-3-7-12-25;;/h2-7,9-12,26,28-30H,8,13-23H2,1H3;2*1H/t26-,28?,29-;;/m1../s1. The van der Waals surface area contributed by atoms with Crippen molar-refractivity contribution in [3.05, 3.63) is 77.4 Å². The summed E-state index contributed by atoms with van der Waals surface area (Å²) in [6.07, 6.45) is -3.51. The van der Waals surface area contributed by atoms with Crippen LogP contribution in [0.3, 0.4) is 0 Å². The Morgan fingerprint density at radius 3 is 2.20 bits per heavy atom. The zero-order valence-corrected chi connectivity index (χ0v) is 29.8. The Kier molecular flexibility index (Phi) is 14.5. The number of alkyl halides is 4. The average Bonchev–Trinajstić information content (AvgIpc) is 3.66. The molecule has 3 saturated heterocycles. The van der Waals surface area contributed by atoms with Gasteiger partial charge in [0.15, 0.2) is 6.61 Å². The Morgan fingerprint density at radius 1 is 0.941 bits per heavy atom. The number of ether oxygens (including phenoxy) is 4. The van der Waals surface area contributed by atoms with Gasteiger partial charge in [-0.25, -0.2) is 4.39 Å². The van der Waals surface area contributed by atoms with Crippen LogP contribution in [0.4, 0.5) is 17.6 Å². The third kappa shape index (κ3) is 9.92. The lowest BCUT2D eigenvalue weighted by Gasteiger charge is -2.53. The largest absolute Gasteiger partial charge is 0.481 e. The molecule has 3 atom stereocenters. The second-order valence-corrected chi connectivity index (χ2v) is 12.5. The Hall–Kier alpha value is -3.43. The molecule has 10 nitrogen and oxygen atoms in total.